The van der Waals surface area contributed by atoms with Crippen LogP contribution in [0.5, 0.6) is 0 Å². The molecule has 0 amide bonds. The zero-order valence-electron chi connectivity index (χ0n) is 14.7. The predicted molar refractivity (Wildman–Crippen MR) is 105 cm³/mol. The van der Waals surface area contributed by atoms with Gasteiger partial charge in [-0.25, -0.2) is 0 Å². The molecule has 0 saturated carbocycles. The first kappa shape index (κ1) is 16.6. The van der Waals surface area contributed by atoms with Crippen molar-refractivity contribution >= 4 is 21.6 Å². The van der Waals surface area contributed by atoms with Crippen molar-refractivity contribution in [2.24, 2.45) is 10.8 Å². The van der Waals surface area contributed by atoms with E-state index in [0.29, 0.717) is 0 Å². The second-order valence-electron chi connectivity index (χ2n) is 8.18. The molecule has 0 aliphatic carbocycles. The van der Waals surface area contributed by atoms with E-state index < -0.39 is 0 Å². The van der Waals surface area contributed by atoms with Crippen molar-refractivity contribution in [2.45, 2.75) is 44.0 Å². The van der Waals surface area contributed by atoms with Gasteiger partial charge < -0.3 is 4.74 Å². The Balaban J connectivity index is 1.91. The molecule has 1 nitrogen and oxygen atoms in total. The van der Waals surface area contributed by atoms with Crippen molar-refractivity contribution in [2.75, 3.05) is 0 Å². The standard InChI is InChI=1S/C21H24OS2/c1-18(2)15-19(3,4)21(17-13-9-6-10-14-17)22-20(18,23-24-21)16-11-7-5-8-12-16/h5-14H,15H2,1-4H3. The molecule has 2 atom stereocenters. The van der Waals surface area contributed by atoms with Gasteiger partial charge in [-0.3, -0.25) is 0 Å². The highest BCUT2D eigenvalue weighted by atomic mass is 33.1. The van der Waals surface area contributed by atoms with Crippen LogP contribution >= 0.6 is 21.6 Å². The van der Waals surface area contributed by atoms with Crippen molar-refractivity contribution in [3.05, 3.63) is 71.8 Å². The number of ether oxygens (including phenoxy) is 1. The Morgan fingerprint density at radius 1 is 0.667 bits per heavy atom. The van der Waals surface area contributed by atoms with E-state index >= 15 is 0 Å². The van der Waals surface area contributed by atoms with Crippen molar-refractivity contribution in [3.8, 4) is 0 Å². The summed E-state index contributed by atoms with van der Waals surface area (Å²) in [6, 6.07) is 21.5. The van der Waals surface area contributed by atoms with E-state index in [4.69, 9.17) is 4.74 Å². The van der Waals surface area contributed by atoms with E-state index in [9.17, 15) is 0 Å². The highest BCUT2D eigenvalue weighted by molar-refractivity contribution is 8.77. The molecule has 0 radical (unpaired) electrons. The van der Waals surface area contributed by atoms with E-state index in [1.807, 2.05) is 21.6 Å². The zero-order chi connectivity index (χ0) is 17.1. The largest absolute Gasteiger partial charge is 0.336 e. The lowest BCUT2D eigenvalue weighted by molar-refractivity contribution is -0.217. The molecule has 2 aromatic carbocycles. The summed E-state index contributed by atoms with van der Waals surface area (Å²) in [7, 11) is 3.82. The zero-order valence-corrected chi connectivity index (χ0v) is 16.3. The highest BCUT2D eigenvalue weighted by Gasteiger charge is 2.70. The number of hydrogen-bond acceptors (Lipinski definition) is 3. The maximum absolute atomic E-state index is 7.10. The molecule has 2 saturated heterocycles. The minimum absolute atomic E-state index is 0.0459. The summed E-state index contributed by atoms with van der Waals surface area (Å²) in [5.41, 5.74) is 2.65. The van der Waals surface area contributed by atoms with Gasteiger partial charge in [0.05, 0.1) is 0 Å². The third-order valence-electron chi connectivity index (χ3n) is 5.54. The summed E-state index contributed by atoms with van der Waals surface area (Å²) in [6.07, 6.45) is 1.11. The van der Waals surface area contributed by atoms with Crippen molar-refractivity contribution in [1.82, 2.24) is 0 Å². The Kier molecular flexibility index (Phi) is 3.66. The van der Waals surface area contributed by atoms with Crippen LogP contribution in [-0.2, 0) is 14.6 Å². The average Bonchev–Trinajstić information content (AvgIpc) is 2.97. The SMILES string of the molecule is CC1(C)CC(C)(C)C2(c3ccccc3)OC1(c1ccccc1)SS2. The minimum atomic E-state index is -0.315. The van der Waals surface area contributed by atoms with Gasteiger partial charge in [-0.15, -0.1) is 0 Å². The van der Waals surface area contributed by atoms with Crippen LogP contribution in [0.25, 0.3) is 0 Å². The molecule has 2 aliphatic heterocycles. The molecule has 2 bridgehead atoms. The molecule has 2 fully saturated rings. The van der Waals surface area contributed by atoms with Crippen LogP contribution < -0.4 is 0 Å². The van der Waals surface area contributed by atoms with Gasteiger partial charge in [0, 0.05) is 10.8 Å². The van der Waals surface area contributed by atoms with E-state index in [1.54, 1.807) is 0 Å². The first-order valence-corrected chi connectivity index (χ1v) is 10.7. The maximum Gasteiger partial charge on any atom is 0.156 e. The van der Waals surface area contributed by atoms with Gasteiger partial charge in [0.15, 0.2) is 9.87 Å². The van der Waals surface area contributed by atoms with Crippen LogP contribution in [-0.4, -0.2) is 0 Å². The first-order valence-electron chi connectivity index (χ1n) is 8.51. The molecule has 24 heavy (non-hydrogen) atoms. The lowest BCUT2D eigenvalue weighted by Crippen LogP contribution is -2.55. The fourth-order valence-electron chi connectivity index (χ4n) is 4.50. The molecule has 2 aliphatic rings. The van der Waals surface area contributed by atoms with Gasteiger partial charge in [-0.1, -0.05) is 88.4 Å². The van der Waals surface area contributed by atoms with Crippen LogP contribution in [0.15, 0.2) is 60.7 Å². The van der Waals surface area contributed by atoms with Gasteiger partial charge in [-0.05, 0) is 39.1 Å². The molecular formula is C21H24OS2. The Morgan fingerprint density at radius 2 is 1.04 bits per heavy atom. The molecule has 0 N–H and O–H groups in total. The topological polar surface area (TPSA) is 9.23 Å². The Hall–Kier alpha value is -0.900. The molecule has 2 heterocycles. The molecule has 2 aromatic rings. The summed E-state index contributed by atoms with van der Waals surface area (Å²) in [5, 5.41) is 0. The second-order valence-corrected chi connectivity index (χ2v) is 10.7. The number of benzene rings is 2. The molecule has 3 heteroatoms. The van der Waals surface area contributed by atoms with Crippen LogP contribution in [0, 0.1) is 10.8 Å². The van der Waals surface area contributed by atoms with Gasteiger partial charge in [0.1, 0.15) is 0 Å². The quantitative estimate of drug-likeness (QED) is 0.564. The molecule has 4 rings (SSSR count). The highest BCUT2D eigenvalue weighted by Crippen LogP contribution is 2.79. The monoisotopic (exact) mass is 356 g/mol. The Labute approximate surface area is 153 Å². The molecule has 126 valence electrons. The lowest BCUT2D eigenvalue weighted by atomic mass is 9.64. The van der Waals surface area contributed by atoms with Crippen LogP contribution in [0.2, 0.25) is 0 Å². The lowest BCUT2D eigenvalue weighted by Gasteiger charge is -2.56. The number of hydrogen-bond donors (Lipinski definition) is 0. The summed E-state index contributed by atoms with van der Waals surface area (Å²) < 4.78 is 7.10. The fraction of sp³-hybridized carbons (Fsp3) is 0.429. The number of rotatable bonds is 2. The van der Waals surface area contributed by atoms with Gasteiger partial charge in [-0.2, -0.15) is 0 Å². The van der Waals surface area contributed by atoms with Crippen molar-refractivity contribution < 1.29 is 4.74 Å². The van der Waals surface area contributed by atoms with Crippen molar-refractivity contribution in [1.29, 1.82) is 0 Å². The maximum atomic E-state index is 7.10. The average molecular weight is 357 g/mol. The van der Waals surface area contributed by atoms with E-state index in [1.165, 1.54) is 11.1 Å². The van der Waals surface area contributed by atoms with Crippen LogP contribution in [0.1, 0.15) is 45.2 Å². The van der Waals surface area contributed by atoms with Crippen LogP contribution in [0.4, 0.5) is 0 Å². The third-order valence-corrected chi connectivity index (χ3v) is 9.49. The summed E-state index contributed by atoms with van der Waals surface area (Å²) in [4.78, 5) is -0.630. The van der Waals surface area contributed by atoms with Crippen LogP contribution in [0.3, 0.4) is 0 Å². The molecular weight excluding hydrogens is 332 g/mol. The van der Waals surface area contributed by atoms with Gasteiger partial charge in [0.25, 0.3) is 0 Å². The predicted octanol–water partition coefficient (Wildman–Crippen LogP) is 6.56. The van der Waals surface area contributed by atoms with Gasteiger partial charge >= 0.3 is 0 Å². The van der Waals surface area contributed by atoms with E-state index in [0.717, 1.165) is 6.42 Å². The summed E-state index contributed by atoms with van der Waals surface area (Å²) in [6.45, 7) is 9.43. The Bertz CT molecular complexity index is 677. The fourth-order valence-corrected chi connectivity index (χ4v) is 9.01. The normalized spacial score (nSPS) is 33.3. The van der Waals surface area contributed by atoms with Gasteiger partial charge in [0.2, 0.25) is 0 Å². The minimum Gasteiger partial charge on any atom is -0.336 e. The first-order chi connectivity index (χ1) is 11.3. The molecule has 0 spiro atoms. The molecule has 2 unspecified atom stereocenters. The number of fused-ring (bicyclic) bond motifs is 2. The van der Waals surface area contributed by atoms with E-state index in [-0.39, 0.29) is 20.7 Å². The third kappa shape index (κ3) is 2.07. The smallest absolute Gasteiger partial charge is 0.156 e. The van der Waals surface area contributed by atoms with E-state index in [2.05, 4.69) is 88.4 Å². The summed E-state index contributed by atoms with van der Waals surface area (Å²) in [5.74, 6) is 0. The van der Waals surface area contributed by atoms with Crippen molar-refractivity contribution in [3.63, 3.8) is 0 Å². The second kappa shape index (κ2) is 5.30. The Morgan fingerprint density at radius 3 is 1.42 bits per heavy atom. The molecule has 0 aromatic heterocycles. The summed E-state index contributed by atoms with van der Waals surface area (Å²) >= 11 is 0.